The van der Waals surface area contributed by atoms with Crippen LogP contribution in [-0.4, -0.2) is 30.9 Å². The van der Waals surface area contributed by atoms with Gasteiger partial charge in [0.2, 0.25) is 0 Å². The van der Waals surface area contributed by atoms with Crippen molar-refractivity contribution in [1.29, 1.82) is 0 Å². The van der Waals surface area contributed by atoms with Crippen LogP contribution in [-0.2, 0) is 17.7 Å². The Morgan fingerprint density at radius 1 is 1.39 bits per heavy atom. The molecule has 1 heterocycles. The first kappa shape index (κ1) is 14.9. The molecule has 0 atom stereocenters. The topological polar surface area (TPSA) is 34.2 Å². The van der Waals surface area contributed by atoms with E-state index in [1.54, 1.807) is 6.20 Å². The van der Waals surface area contributed by atoms with Crippen LogP contribution < -0.4 is 5.32 Å². The summed E-state index contributed by atoms with van der Waals surface area (Å²) >= 11 is 0. The summed E-state index contributed by atoms with van der Waals surface area (Å²) in [6.07, 6.45) is -1.66. The lowest BCUT2D eigenvalue weighted by Gasteiger charge is -2.09. The van der Waals surface area contributed by atoms with Gasteiger partial charge in [-0.05, 0) is 18.1 Å². The third-order valence-electron chi connectivity index (χ3n) is 2.35. The minimum atomic E-state index is -4.25. The fourth-order valence-electron chi connectivity index (χ4n) is 1.49. The number of aryl methyl sites for hydroxylation is 1. The minimum absolute atomic E-state index is 0.0355. The summed E-state index contributed by atoms with van der Waals surface area (Å²) in [5.74, 6) is 0. The Kier molecular flexibility index (Phi) is 6.07. The summed E-state index contributed by atoms with van der Waals surface area (Å²) < 4.78 is 39.8. The highest BCUT2D eigenvalue weighted by atomic mass is 19.4. The van der Waals surface area contributed by atoms with Crippen molar-refractivity contribution in [3.8, 4) is 0 Å². The summed E-state index contributed by atoms with van der Waals surface area (Å²) in [6, 6.07) is 3.86. The van der Waals surface area contributed by atoms with E-state index in [9.17, 15) is 13.2 Å². The third kappa shape index (κ3) is 5.97. The lowest BCUT2D eigenvalue weighted by atomic mass is 10.1. The number of nitrogens with one attached hydrogen (secondary N) is 1. The normalized spacial score (nSPS) is 11.8. The molecule has 0 saturated carbocycles. The number of halogens is 3. The maximum absolute atomic E-state index is 11.8. The van der Waals surface area contributed by atoms with E-state index in [0.29, 0.717) is 13.1 Å². The van der Waals surface area contributed by atoms with Crippen LogP contribution in [0.1, 0.15) is 18.2 Å². The second-order valence-electron chi connectivity index (χ2n) is 3.81. The Morgan fingerprint density at radius 3 is 2.83 bits per heavy atom. The molecule has 6 heteroatoms. The maximum Gasteiger partial charge on any atom is 0.411 e. The highest BCUT2D eigenvalue weighted by Gasteiger charge is 2.27. The highest BCUT2D eigenvalue weighted by molar-refractivity contribution is 5.19. The van der Waals surface area contributed by atoms with E-state index in [-0.39, 0.29) is 6.61 Å². The van der Waals surface area contributed by atoms with Gasteiger partial charge in [0.25, 0.3) is 0 Å². The summed E-state index contributed by atoms with van der Waals surface area (Å²) in [4.78, 5) is 4.22. The standard InChI is InChI=1S/C12H17F3N2O/c1-2-10-4-3-5-17-11(10)8-16-6-7-18-9-12(13,14)15/h3-5,16H,2,6-9H2,1H3. The van der Waals surface area contributed by atoms with Gasteiger partial charge in [-0.25, -0.2) is 0 Å². The van der Waals surface area contributed by atoms with Crippen LogP contribution in [0.2, 0.25) is 0 Å². The van der Waals surface area contributed by atoms with E-state index in [0.717, 1.165) is 17.7 Å². The summed E-state index contributed by atoms with van der Waals surface area (Å²) in [5, 5.41) is 3.01. The fourth-order valence-corrected chi connectivity index (χ4v) is 1.49. The van der Waals surface area contributed by atoms with E-state index >= 15 is 0 Å². The van der Waals surface area contributed by atoms with Gasteiger partial charge in [0.05, 0.1) is 12.3 Å². The van der Waals surface area contributed by atoms with Crippen LogP contribution in [0.25, 0.3) is 0 Å². The second-order valence-corrected chi connectivity index (χ2v) is 3.81. The lowest BCUT2D eigenvalue weighted by molar-refractivity contribution is -0.173. The SMILES string of the molecule is CCc1cccnc1CNCCOCC(F)(F)F. The molecule has 18 heavy (non-hydrogen) atoms. The van der Waals surface area contributed by atoms with Crippen molar-refractivity contribution in [2.75, 3.05) is 19.8 Å². The molecule has 0 saturated heterocycles. The number of hydrogen-bond donors (Lipinski definition) is 1. The quantitative estimate of drug-likeness (QED) is 0.766. The zero-order valence-electron chi connectivity index (χ0n) is 10.3. The average Bonchev–Trinajstić information content (AvgIpc) is 2.32. The van der Waals surface area contributed by atoms with Crippen molar-refractivity contribution in [2.45, 2.75) is 26.1 Å². The first-order valence-electron chi connectivity index (χ1n) is 5.81. The molecular formula is C12H17F3N2O. The molecule has 0 spiro atoms. The number of nitrogens with zero attached hydrogens (tertiary/aromatic N) is 1. The van der Waals surface area contributed by atoms with Gasteiger partial charge in [0.1, 0.15) is 6.61 Å². The van der Waals surface area contributed by atoms with Gasteiger partial charge in [-0.2, -0.15) is 13.2 Å². The molecule has 0 aromatic carbocycles. The zero-order chi connectivity index (χ0) is 13.4. The zero-order valence-corrected chi connectivity index (χ0v) is 10.3. The molecule has 3 nitrogen and oxygen atoms in total. The van der Waals surface area contributed by atoms with Crippen molar-refractivity contribution < 1.29 is 17.9 Å². The molecule has 1 aromatic rings. The van der Waals surface area contributed by atoms with E-state index in [2.05, 4.69) is 15.0 Å². The van der Waals surface area contributed by atoms with Gasteiger partial charge in [-0.3, -0.25) is 4.98 Å². The van der Waals surface area contributed by atoms with Crippen molar-refractivity contribution >= 4 is 0 Å². The van der Waals surface area contributed by atoms with Crippen molar-refractivity contribution in [2.24, 2.45) is 0 Å². The number of rotatable bonds is 7. The molecule has 102 valence electrons. The summed E-state index contributed by atoms with van der Waals surface area (Å²) in [6.45, 7) is 1.79. The maximum atomic E-state index is 11.8. The molecule has 0 amide bonds. The molecule has 1 N–H and O–H groups in total. The number of hydrogen-bond acceptors (Lipinski definition) is 3. The Hall–Kier alpha value is -1.14. The molecular weight excluding hydrogens is 245 g/mol. The van der Waals surface area contributed by atoms with E-state index < -0.39 is 12.8 Å². The molecule has 0 radical (unpaired) electrons. The van der Waals surface area contributed by atoms with Gasteiger partial charge in [0.15, 0.2) is 0 Å². The predicted molar refractivity (Wildman–Crippen MR) is 62.2 cm³/mol. The fraction of sp³-hybridized carbons (Fsp3) is 0.583. The molecule has 1 rings (SSSR count). The Labute approximate surface area is 104 Å². The molecule has 0 fully saturated rings. The number of aromatic nitrogens is 1. The second kappa shape index (κ2) is 7.33. The van der Waals surface area contributed by atoms with Crippen LogP contribution in [0.15, 0.2) is 18.3 Å². The monoisotopic (exact) mass is 262 g/mol. The van der Waals surface area contributed by atoms with Crippen LogP contribution in [0, 0.1) is 0 Å². The minimum Gasteiger partial charge on any atom is -0.371 e. The van der Waals surface area contributed by atoms with E-state index in [4.69, 9.17) is 0 Å². The van der Waals surface area contributed by atoms with Crippen LogP contribution in [0.4, 0.5) is 13.2 Å². The van der Waals surface area contributed by atoms with Gasteiger partial charge >= 0.3 is 6.18 Å². The molecule has 0 aliphatic carbocycles. The highest BCUT2D eigenvalue weighted by Crippen LogP contribution is 2.13. The van der Waals surface area contributed by atoms with E-state index in [1.807, 2.05) is 19.1 Å². The van der Waals surface area contributed by atoms with Gasteiger partial charge in [-0.1, -0.05) is 13.0 Å². The van der Waals surface area contributed by atoms with Crippen LogP contribution in [0.3, 0.4) is 0 Å². The van der Waals surface area contributed by atoms with Gasteiger partial charge in [-0.15, -0.1) is 0 Å². The Bertz CT molecular complexity index is 355. The first-order chi connectivity index (χ1) is 8.53. The van der Waals surface area contributed by atoms with Crippen molar-refractivity contribution in [1.82, 2.24) is 10.3 Å². The summed E-state index contributed by atoms with van der Waals surface area (Å²) in [5.41, 5.74) is 2.07. The molecule has 0 aliphatic heterocycles. The Morgan fingerprint density at radius 2 is 2.17 bits per heavy atom. The molecule has 0 aliphatic rings. The lowest BCUT2D eigenvalue weighted by Crippen LogP contribution is -2.24. The predicted octanol–water partition coefficient (Wildman–Crippen LogP) is 2.31. The smallest absolute Gasteiger partial charge is 0.371 e. The van der Waals surface area contributed by atoms with Crippen molar-refractivity contribution in [3.05, 3.63) is 29.6 Å². The molecule has 0 bridgehead atoms. The van der Waals surface area contributed by atoms with Gasteiger partial charge < -0.3 is 10.1 Å². The van der Waals surface area contributed by atoms with Gasteiger partial charge in [0, 0.05) is 19.3 Å². The summed E-state index contributed by atoms with van der Waals surface area (Å²) in [7, 11) is 0. The first-order valence-corrected chi connectivity index (χ1v) is 5.81. The number of alkyl halides is 3. The van der Waals surface area contributed by atoms with E-state index in [1.165, 1.54) is 0 Å². The largest absolute Gasteiger partial charge is 0.411 e. The molecule has 1 aromatic heterocycles. The number of pyridine rings is 1. The average molecular weight is 262 g/mol. The van der Waals surface area contributed by atoms with Crippen LogP contribution in [0.5, 0.6) is 0 Å². The Balaban J connectivity index is 2.18. The molecule has 0 unspecified atom stereocenters. The third-order valence-corrected chi connectivity index (χ3v) is 2.35. The number of ether oxygens (including phenoxy) is 1. The van der Waals surface area contributed by atoms with Crippen molar-refractivity contribution in [3.63, 3.8) is 0 Å². The van der Waals surface area contributed by atoms with Crippen LogP contribution >= 0.6 is 0 Å².